The number of carbonyl (C=O) groups is 2. The zero-order valence-corrected chi connectivity index (χ0v) is 15.9. The van der Waals surface area contributed by atoms with Gasteiger partial charge in [0.15, 0.2) is 0 Å². The highest BCUT2D eigenvalue weighted by molar-refractivity contribution is 5.72. The Morgan fingerprint density at radius 2 is 0.917 bits per heavy atom. The Morgan fingerprint density at radius 3 is 1.38 bits per heavy atom. The van der Waals surface area contributed by atoms with Crippen molar-refractivity contribution in [2.75, 3.05) is 13.2 Å². The van der Waals surface area contributed by atoms with Gasteiger partial charge in [0.2, 0.25) is 0 Å². The van der Waals surface area contributed by atoms with E-state index in [1.165, 1.54) is 44.9 Å². The molecule has 0 atom stereocenters. The van der Waals surface area contributed by atoms with Gasteiger partial charge in [-0.1, -0.05) is 71.6 Å². The molecule has 0 bridgehead atoms. The summed E-state index contributed by atoms with van der Waals surface area (Å²) in [6.07, 6.45) is 14.0. The van der Waals surface area contributed by atoms with Crippen molar-refractivity contribution in [1.29, 1.82) is 0 Å². The molecule has 0 amide bonds. The summed E-state index contributed by atoms with van der Waals surface area (Å²) in [5.74, 6) is -0.400. The van der Waals surface area contributed by atoms with E-state index in [0.717, 1.165) is 25.7 Å². The first-order valence-electron chi connectivity index (χ1n) is 10.0. The van der Waals surface area contributed by atoms with Gasteiger partial charge in [0.25, 0.3) is 0 Å². The lowest BCUT2D eigenvalue weighted by molar-refractivity contribution is -0.145. The summed E-state index contributed by atoms with van der Waals surface area (Å²) in [6.45, 7) is 5.38. The Bertz CT molecular complexity index is 302. The normalized spacial score (nSPS) is 10.6. The van der Waals surface area contributed by atoms with E-state index in [-0.39, 0.29) is 11.9 Å². The summed E-state index contributed by atoms with van der Waals surface area (Å²) >= 11 is 0. The fourth-order valence-electron chi connectivity index (χ4n) is 2.48. The highest BCUT2D eigenvalue weighted by Crippen LogP contribution is 2.07. The van der Waals surface area contributed by atoms with Crippen molar-refractivity contribution in [2.24, 2.45) is 0 Å². The van der Waals surface area contributed by atoms with Crippen molar-refractivity contribution in [3.63, 3.8) is 0 Å². The summed E-state index contributed by atoms with van der Waals surface area (Å²) in [5.41, 5.74) is 0. The van der Waals surface area contributed by atoms with Crippen LogP contribution >= 0.6 is 0 Å². The molecule has 0 saturated carbocycles. The molecule has 0 fully saturated rings. The number of hydrogen-bond donors (Lipinski definition) is 0. The fourth-order valence-corrected chi connectivity index (χ4v) is 2.48. The molecule has 4 heteroatoms. The van der Waals surface area contributed by atoms with Crippen molar-refractivity contribution in [2.45, 2.75) is 104 Å². The number of esters is 2. The van der Waals surface area contributed by atoms with Gasteiger partial charge in [0.05, 0.1) is 13.2 Å². The van der Waals surface area contributed by atoms with E-state index in [9.17, 15) is 9.59 Å². The second-order valence-corrected chi connectivity index (χ2v) is 6.48. The quantitative estimate of drug-likeness (QED) is 0.256. The van der Waals surface area contributed by atoms with Gasteiger partial charge in [-0.15, -0.1) is 0 Å². The van der Waals surface area contributed by atoms with Crippen LogP contribution in [-0.2, 0) is 19.1 Å². The number of rotatable bonds is 17. The van der Waals surface area contributed by atoms with Crippen LogP contribution in [0.2, 0.25) is 0 Å². The lowest BCUT2D eigenvalue weighted by Crippen LogP contribution is -2.09. The SMILES string of the molecule is CCCCCCCCCOC(=O)CCCC(=O)OCCCCCC. The molecule has 0 aromatic rings. The lowest BCUT2D eigenvalue weighted by Gasteiger charge is -2.06. The predicted octanol–water partition coefficient (Wildman–Crippen LogP) is 5.57. The molecule has 0 aromatic carbocycles. The van der Waals surface area contributed by atoms with Gasteiger partial charge in [-0.3, -0.25) is 9.59 Å². The van der Waals surface area contributed by atoms with Crippen LogP contribution < -0.4 is 0 Å². The van der Waals surface area contributed by atoms with Gasteiger partial charge < -0.3 is 9.47 Å². The first kappa shape index (κ1) is 22.9. The molecule has 0 radical (unpaired) electrons. The Hall–Kier alpha value is -1.06. The third kappa shape index (κ3) is 17.3. The molecule has 0 heterocycles. The summed E-state index contributed by atoms with van der Waals surface area (Å²) in [6, 6.07) is 0. The van der Waals surface area contributed by atoms with Gasteiger partial charge in [-0.2, -0.15) is 0 Å². The molecule has 0 aromatic heterocycles. The Labute approximate surface area is 148 Å². The molecule has 0 spiro atoms. The lowest BCUT2D eigenvalue weighted by atomic mass is 10.1. The van der Waals surface area contributed by atoms with Crippen LogP contribution in [0.3, 0.4) is 0 Å². The van der Waals surface area contributed by atoms with E-state index in [1.54, 1.807) is 0 Å². The highest BCUT2D eigenvalue weighted by Gasteiger charge is 2.07. The first-order chi connectivity index (χ1) is 11.7. The minimum absolute atomic E-state index is 0.197. The average molecular weight is 343 g/mol. The molecular weight excluding hydrogens is 304 g/mol. The summed E-state index contributed by atoms with van der Waals surface area (Å²) in [5, 5.41) is 0. The number of unbranched alkanes of at least 4 members (excludes halogenated alkanes) is 9. The van der Waals surface area contributed by atoms with Gasteiger partial charge in [-0.05, 0) is 19.3 Å². The van der Waals surface area contributed by atoms with Gasteiger partial charge in [0, 0.05) is 12.8 Å². The van der Waals surface area contributed by atoms with Crippen molar-refractivity contribution in [3.8, 4) is 0 Å². The van der Waals surface area contributed by atoms with Gasteiger partial charge in [0.1, 0.15) is 0 Å². The monoisotopic (exact) mass is 342 g/mol. The Balaban J connectivity index is 3.32. The van der Waals surface area contributed by atoms with Crippen LogP contribution in [0.25, 0.3) is 0 Å². The van der Waals surface area contributed by atoms with Crippen LogP contribution in [0, 0.1) is 0 Å². The van der Waals surface area contributed by atoms with Gasteiger partial charge >= 0.3 is 11.9 Å². The standard InChI is InChI=1S/C20H38O4/c1-3-5-7-9-10-11-13-18-24-20(22)16-14-15-19(21)23-17-12-8-6-4-2/h3-18H2,1-2H3. The van der Waals surface area contributed by atoms with E-state index in [1.807, 2.05) is 0 Å². The maximum atomic E-state index is 11.6. The van der Waals surface area contributed by atoms with Crippen LogP contribution in [0.5, 0.6) is 0 Å². The fraction of sp³-hybridized carbons (Fsp3) is 0.900. The molecule has 0 rings (SSSR count). The topological polar surface area (TPSA) is 52.6 Å². The first-order valence-corrected chi connectivity index (χ1v) is 10.0. The largest absolute Gasteiger partial charge is 0.466 e. The maximum Gasteiger partial charge on any atom is 0.305 e. The van der Waals surface area contributed by atoms with E-state index < -0.39 is 0 Å². The van der Waals surface area contributed by atoms with Gasteiger partial charge in [-0.25, -0.2) is 0 Å². The molecule has 0 unspecified atom stereocenters. The molecule has 0 saturated heterocycles. The van der Waals surface area contributed by atoms with Crippen LogP contribution in [0.15, 0.2) is 0 Å². The third-order valence-corrected chi connectivity index (χ3v) is 4.03. The molecule has 0 aliphatic rings. The number of ether oxygens (including phenoxy) is 2. The summed E-state index contributed by atoms with van der Waals surface area (Å²) in [4.78, 5) is 23.0. The van der Waals surface area contributed by atoms with E-state index >= 15 is 0 Å². The molecular formula is C20H38O4. The van der Waals surface area contributed by atoms with Crippen molar-refractivity contribution in [3.05, 3.63) is 0 Å². The van der Waals surface area contributed by atoms with Crippen LogP contribution in [0.4, 0.5) is 0 Å². The Kier molecular flexibility index (Phi) is 17.5. The van der Waals surface area contributed by atoms with Crippen molar-refractivity contribution < 1.29 is 19.1 Å². The average Bonchev–Trinajstić information content (AvgIpc) is 2.57. The number of hydrogen-bond acceptors (Lipinski definition) is 4. The molecule has 0 aliphatic carbocycles. The van der Waals surface area contributed by atoms with E-state index in [0.29, 0.717) is 32.5 Å². The molecule has 4 nitrogen and oxygen atoms in total. The second-order valence-electron chi connectivity index (χ2n) is 6.48. The zero-order chi connectivity index (χ0) is 17.9. The van der Waals surface area contributed by atoms with Crippen LogP contribution in [0.1, 0.15) is 104 Å². The second kappa shape index (κ2) is 18.3. The van der Waals surface area contributed by atoms with Crippen LogP contribution in [-0.4, -0.2) is 25.2 Å². The molecule has 142 valence electrons. The molecule has 0 aliphatic heterocycles. The maximum absolute atomic E-state index is 11.6. The molecule has 24 heavy (non-hydrogen) atoms. The minimum Gasteiger partial charge on any atom is -0.466 e. The van der Waals surface area contributed by atoms with Crippen molar-refractivity contribution in [1.82, 2.24) is 0 Å². The zero-order valence-electron chi connectivity index (χ0n) is 15.9. The summed E-state index contributed by atoms with van der Waals surface area (Å²) in [7, 11) is 0. The van der Waals surface area contributed by atoms with E-state index in [2.05, 4.69) is 13.8 Å². The van der Waals surface area contributed by atoms with Crippen molar-refractivity contribution >= 4 is 11.9 Å². The summed E-state index contributed by atoms with van der Waals surface area (Å²) < 4.78 is 10.3. The predicted molar refractivity (Wildman–Crippen MR) is 97.9 cm³/mol. The Morgan fingerprint density at radius 1 is 0.542 bits per heavy atom. The third-order valence-electron chi connectivity index (χ3n) is 4.03. The smallest absolute Gasteiger partial charge is 0.305 e. The van der Waals surface area contributed by atoms with E-state index in [4.69, 9.17) is 9.47 Å². The highest BCUT2D eigenvalue weighted by atomic mass is 16.5. The minimum atomic E-state index is -0.202. The molecule has 0 N–H and O–H groups in total. The number of carbonyl (C=O) groups excluding carboxylic acids is 2.